The second-order valence-electron chi connectivity index (χ2n) is 20.3. The number of carbonyl (C=O) groups excluding carboxylic acids is 2. The predicted molar refractivity (Wildman–Crippen MR) is 278 cm³/mol. The number of quaternary nitrogens is 1. The Morgan fingerprint density at radius 3 is 1.23 bits per heavy atom. The molecule has 10 heteroatoms. The minimum Gasteiger partial charge on any atom is -0.756 e. The van der Waals surface area contributed by atoms with Crippen LogP contribution >= 0.6 is 7.82 Å². The maximum absolute atomic E-state index is 12.7. The molecule has 0 spiro atoms. The van der Waals surface area contributed by atoms with Gasteiger partial charge in [0.15, 0.2) is 6.10 Å². The lowest BCUT2D eigenvalue weighted by atomic mass is 10.0. The smallest absolute Gasteiger partial charge is 0.306 e. The van der Waals surface area contributed by atoms with Gasteiger partial charge < -0.3 is 27.9 Å². The van der Waals surface area contributed by atoms with Crippen molar-refractivity contribution in [1.29, 1.82) is 0 Å². The molecule has 0 aromatic rings. The molecule has 390 valence electrons. The van der Waals surface area contributed by atoms with E-state index in [4.69, 9.17) is 18.5 Å². The van der Waals surface area contributed by atoms with Gasteiger partial charge in [0.2, 0.25) is 0 Å². The third-order valence-corrected chi connectivity index (χ3v) is 13.4. The SMILES string of the molecule is CCCCC/C=C\C/C=C\CCCCCCCC(=O)OC(COC(=O)CCCCCCCCCCCCCCCCCCCCCCCCCCCCC)COP(=O)([O-])OCC[N+](C)(C)C. The molecule has 0 aromatic heterocycles. The van der Waals surface area contributed by atoms with Crippen LogP contribution < -0.4 is 4.89 Å². The lowest BCUT2D eigenvalue weighted by Gasteiger charge is -2.28. The molecule has 0 rings (SSSR count). The Morgan fingerprint density at radius 2 is 0.818 bits per heavy atom. The Morgan fingerprint density at radius 1 is 0.470 bits per heavy atom. The van der Waals surface area contributed by atoms with E-state index in [-0.39, 0.29) is 32.0 Å². The maximum atomic E-state index is 12.7. The summed E-state index contributed by atoms with van der Waals surface area (Å²) < 4.78 is 34.1. The fraction of sp³-hybridized carbons (Fsp3) is 0.893. The van der Waals surface area contributed by atoms with Crippen LogP contribution in [0.5, 0.6) is 0 Å². The van der Waals surface area contributed by atoms with E-state index in [0.29, 0.717) is 17.4 Å². The van der Waals surface area contributed by atoms with Crippen molar-refractivity contribution in [2.45, 2.75) is 277 Å². The number of hydrogen-bond acceptors (Lipinski definition) is 8. The van der Waals surface area contributed by atoms with Gasteiger partial charge in [-0.1, -0.05) is 237 Å². The van der Waals surface area contributed by atoms with Gasteiger partial charge in [-0.2, -0.15) is 0 Å². The van der Waals surface area contributed by atoms with Crippen molar-refractivity contribution in [3.8, 4) is 0 Å². The van der Waals surface area contributed by atoms with Crippen molar-refractivity contribution in [3.63, 3.8) is 0 Å². The van der Waals surface area contributed by atoms with Gasteiger partial charge in [-0.25, -0.2) is 0 Å². The van der Waals surface area contributed by atoms with Crippen molar-refractivity contribution in [1.82, 2.24) is 0 Å². The van der Waals surface area contributed by atoms with Crippen molar-refractivity contribution in [3.05, 3.63) is 24.3 Å². The van der Waals surface area contributed by atoms with Crippen molar-refractivity contribution >= 4 is 19.8 Å². The van der Waals surface area contributed by atoms with Gasteiger partial charge >= 0.3 is 11.9 Å². The van der Waals surface area contributed by atoms with Crippen LogP contribution in [0.15, 0.2) is 24.3 Å². The summed E-state index contributed by atoms with van der Waals surface area (Å²) in [7, 11) is 1.17. The lowest BCUT2D eigenvalue weighted by molar-refractivity contribution is -0.870. The molecular weight excluding hydrogens is 846 g/mol. The quantitative estimate of drug-likeness (QED) is 0.0195. The average Bonchev–Trinajstić information content (AvgIpc) is 3.27. The van der Waals surface area contributed by atoms with Crippen LogP contribution in [0.2, 0.25) is 0 Å². The van der Waals surface area contributed by atoms with Crippen LogP contribution in [0.1, 0.15) is 271 Å². The Kier molecular flexibility index (Phi) is 47.4. The summed E-state index contributed by atoms with van der Waals surface area (Å²) in [6, 6.07) is 0. The molecule has 0 aliphatic rings. The van der Waals surface area contributed by atoms with E-state index in [1.807, 2.05) is 21.1 Å². The highest BCUT2D eigenvalue weighted by Crippen LogP contribution is 2.38. The molecule has 2 unspecified atom stereocenters. The van der Waals surface area contributed by atoms with Gasteiger partial charge in [-0.15, -0.1) is 0 Å². The number of carbonyl (C=O) groups is 2. The summed E-state index contributed by atoms with van der Waals surface area (Å²) in [5.41, 5.74) is 0. The molecule has 66 heavy (non-hydrogen) atoms. The molecule has 0 N–H and O–H groups in total. The fourth-order valence-corrected chi connectivity index (χ4v) is 8.83. The molecule has 0 saturated carbocycles. The van der Waals surface area contributed by atoms with Crippen molar-refractivity contribution in [2.24, 2.45) is 0 Å². The largest absolute Gasteiger partial charge is 0.756 e. The summed E-state index contributed by atoms with van der Waals surface area (Å²) in [4.78, 5) is 37.7. The lowest BCUT2D eigenvalue weighted by Crippen LogP contribution is -2.37. The van der Waals surface area contributed by atoms with E-state index in [1.165, 1.54) is 180 Å². The zero-order valence-corrected chi connectivity index (χ0v) is 45.1. The minimum atomic E-state index is -4.63. The van der Waals surface area contributed by atoms with E-state index in [9.17, 15) is 19.0 Å². The average molecular weight is 954 g/mol. The summed E-state index contributed by atoms with van der Waals surface area (Å²) in [6.45, 7) is 4.23. The number of phosphoric ester groups is 1. The first-order chi connectivity index (χ1) is 32.0. The monoisotopic (exact) mass is 954 g/mol. The van der Waals surface area contributed by atoms with E-state index in [1.54, 1.807) is 0 Å². The van der Waals surface area contributed by atoms with E-state index < -0.39 is 26.5 Å². The van der Waals surface area contributed by atoms with Gasteiger partial charge in [0.25, 0.3) is 7.82 Å². The molecule has 0 aromatic carbocycles. The molecular formula is C56H108NO8P. The van der Waals surface area contributed by atoms with Crippen LogP contribution in [0.25, 0.3) is 0 Å². The summed E-state index contributed by atoms with van der Waals surface area (Å²) in [5.74, 6) is -0.837. The topological polar surface area (TPSA) is 111 Å². The molecule has 0 radical (unpaired) electrons. The summed E-state index contributed by atoms with van der Waals surface area (Å²) in [6.07, 6.45) is 56.6. The molecule has 0 amide bonds. The van der Waals surface area contributed by atoms with Crippen LogP contribution in [0.3, 0.4) is 0 Å². The number of hydrogen-bond donors (Lipinski definition) is 0. The second-order valence-corrected chi connectivity index (χ2v) is 21.7. The maximum Gasteiger partial charge on any atom is 0.306 e. The second kappa shape index (κ2) is 48.5. The standard InChI is InChI=1S/C56H108NO8P/c1-6-8-10-12-14-16-18-20-22-23-24-25-26-27-28-29-30-31-32-33-35-36-38-40-42-44-46-48-55(58)62-52-54(53-64-66(60,61)63-51-50-57(3,4)5)65-56(59)49-47-45-43-41-39-37-34-21-19-17-15-13-11-9-7-2/h15,17,21,34,54H,6-14,16,18-20,22-33,35-53H2,1-5H3/b17-15-,34-21-. The highest BCUT2D eigenvalue weighted by atomic mass is 31.2. The molecule has 0 heterocycles. The van der Waals surface area contributed by atoms with Crippen LogP contribution in [-0.2, 0) is 32.7 Å². The summed E-state index contributed by atoms with van der Waals surface area (Å²) >= 11 is 0. The normalized spacial score (nSPS) is 13.5. The number of likely N-dealkylation sites (N-methyl/N-ethyl adjacent to an activating group) is 1. The number of unbranched alkanes of at least 4 members (excludes halogenated alkanes) is 34. The van der Waals surface area contributed by atoms with E-state index in [2.05, 4.69) is 38.2 Å². The Labute approximate surface area is 409 Å². The molecule has 0 saturated heterocycles. The van der Waals surface area contributed by atoms with Crippen molar-refractivity contribution < 1.29 is 42.1 Å². The highest BCUT2D eigenvalue weighted by molar-refractivity contribution is 7.45. The number of ether oxygens (including phenoxy) is 2. The molecule has 0 aliphatic heterocycles. The van der Waals surface area contributed by atoms with Gasteiger partial charge in [0, 0.05) is 12.8 Å². The zero-order valence-electron chi connectivity index (χ0n) is 44.2. The minimum absolute atomic E-state index is 0.0316. The van der Waals surface area contributed by atoms with Gasteiger partial charge in [-0.3, -0.25) is 14.2 Å². The zero-order chi connectivity index (χ0) is 48.5. The third kappa shape index (κ3) is 51.9. The van der Waals surface area contributed by atoms with Crippen LogP contribution in [-0.4, -0.2) is 70.0 Å². The van der Waals surface area contributed by atoms with Crippen LogP contribution in [0.4, 0.5) is 0 Å². The summed E-state index contributed by atoms with van der Waals surface area (Å²) in [5, 5.41) is 0. The predicted octanol–water partition coefficient (Wildman–Crippen LogP) is 16.4. The number of rotatable bonds is 52. The number of phosphoric acid groups is 1. The first-order valence-electron chi connectivity index (χ1n) is 28.0. The molecule has 9 nitrogen and oxygen atoms in total. The Balaban J connectivity index is 4.08. The molecule has 0 fully saturated rings. The highest BCUT2D eigenvalue weighted by Gasteiger charge is 2.21. The van der Waals surface area contributed by atoms with Crippen LogP contribution in [0, 0.1) is 0 Å². The number of allylic oxidation sites excluding steroid dienone is 4. The number of nitrogens with zero attached hydrogens (tertiary/aromatic N) is 1. The fourth-order valence-electron chi connectivity index (χ4n) is 8.10. The number of esters is 2. The molecule has 2 atom stereocenters. The Hall–Kier alpha value is -1.51. The molecule has 0 bridgehead atoms. The van der Waals surface area contributed by atoms with Gasteiger partial charge in [0.1, 0.15) is 19.8 Å². The van der Waals surface area contributed by atoms with E-state index in [0.717, 1.165) is 57.8 Å². The van der Waals surface area contributed by atoms with Gasteiger partial charge in [0.05, 0.1) is 27.7 Å². The van der Waals surface area contributed by atoms with Gasteiger partial charge in [-0.05, 0) is 44.9 Å². The first-order valence-corrected chi connectivity index (χ1v) is 29.5. The first kappa shape index (κ1) is 64.5. The Bertz CT molecular complexity index is 1170. The molecule has 0 aliphatic carbocycles. The van der Waals surface area contributed by atoms with Crippen molar-refractivity contribution in [2.75, 3.05) is 47.5 Å². The van der Waals surface area contributed by atoms with E-state index >= 15 is 0 Å². The third-order valence-electron chi connectivity index (χ3n) is 12.5.